The number of benzene rings is 1. The molecule has 0 aliphatic heterocycles. The number of hydrogen-bond donors (Lipinski definition) is 2. The Balaban J connectivity index is 2.17. The van der Waals surface area contributed by atoms with Crippen molar-refractivity contribution in [2.45, 2.75) is 13.5 Å². The summed E-state index contributed by atoms with van der Waals surface area (Å²) >= 11 is 5.17. The second-order valence-corrected chi connectivity index (χ2v) is 6.82. The van der Waals surface area contributed by atoms with Gasteiger partial charge in [0.1, 0.15) is 5.84 Å². The van der Waals surface area contributed by atoms with Crippen LogP contribution in [0, 0.1) is 12.3 Å². The number of amidine groups is 1. The Morgan fingerprint density at radius 3 is 2.68 bits per heavy atom. The summed E-state index contributed by atoms with van der Waals surface area (Å²) in [7, 11) is 2.06. The molecule has 2 rings (SSSR count). The lowest BCUT2D eigenvalue weighted by Crippen LogP contribution is -2.17. The first-order chi connectivity index (χ1) is 8.97. The third-order valence-corrected chi connectivity index (χ3v) is 4.54. The van der Waals surface area contributed by atoms with Crippen molar-refractivity contribution in [1.29, 1.82) is 5.41 Å². The van der Waals surface area contributed by atoms with Crippen molar-refractivity contribution in [3.8, 4) is 0 Å². The molecule has 0 saturated carbocycles. The Bertz CT molecular complexity index is 606. The minimum absolute atomic E-state index is 0.119. The van der Waals surface area contributed by atoms with Crippen molar-refractivity contribution < 1.29 is 0 Å². The molecule has 0 saturated heterocycles. The highest BCUT2D eigenvalue weighted by Crippen LogP contribution is 2.24. The number of thiophene rings is 1. The van der Waals surface area contributed by atoms with Gasteiger partial charge in [-0.3, -0.25) is 5.41 Å². The van der Waals surface area contributed by atoms with Crippen molar-refractivity contribution in [3.05, 3.63) is 50.1 Å². The SMILES string of the molecule is Cc1cc(N(C)Cc2csc(Br)c2)ccc1C(=N)N. The first kappa shape index (κ1) is 14.1. The van der Waals surface area contributed by atoms with E-state index in [-0.39, 0.29) is 5.84 Å². The zero-order valence-electron chi connectivity index (χ0n) is 10.9. The predicted molar refractivity (Wildman–Crippen MR) is 86.3 cm³/mol. The average Bonchev–Trinajstić information content (AvgIpc) is 2.74. The van der Waals surface area contributed by atoms with E-state index in [1.165, 1.54) is 5.56 Å². The van der Waals surface area contributed by atoms with Gasteiger partial charge in [-0.05, 0) is 63.6 Å². The van der Waals surface area contributed by atoms with Crippen LogP contribution in [0.2, 0.25) is 0 Å². The van der Waals surface area contributed by atoms with Crippen LogP contribution in [-0.2, 0) is 6.54 Å². The molecule has 1 aromatic heterocycles. The zero-order valence-corrected chi connectivity index (χ0v) is 13.3. The highest BCUT2D eigenvalue weighted by Gasteiger charge is 2.07. The van der Waals surface area contributed by atoms with E-state index >= 15 is 0 Å². The molecule has 1 aromatic carbocycles. The maximum Gasteiger partial charge on any atom is 0.123 e. The van der Waals surface area contributed by atoms with Crippen molar-refractivity contribution in [2.24, 2.45) is 5.73 Å². The lowest BCUT2D eigenvalue weighted by Gasteiger charge is -2.20. The lowest BCUT2D eigenvalue weighted by atomic mass is 10.1. The Labute approximate surface area is 125 Å². The van der Waals surface area contributed by atoms with Crippen molar-refractivity contribution in [3.63, 3.8) is 0 Å². The fourth-order valence-corrected chi connectivity index (χ4v) is 3.18. The maximum absolute atomic E-state index is 7.50. The van der Waals surface area contributed by atoms with Crippen LogP contribution in [0.25, 0.3) is 0 Å². The first-order valence-electron chi connectivity index (χ1n) is 5.86. The fourth-order valence-electron chi connectivity index (χ4n) is 1.98. The van der Waals surface area contributed by atoms with Crippen LogP contribution < -0.4 is 10.6 Å². The molecule has 1 heterocycles. The largest absolute Gasteiger partial charge is 0.384 e. The molecule has 0 aliphatic rings. The number of nitrogens with one attached hydrogen (secondary N) is 1. The summed E-state index contributed by atoms with van der Waals surface area (Å²) in [5, 5.41) is 9.65. The third kappa shape index (κ3) is 3.36. The fraction of sp³-hybridized carbons (Fsp3) is 0.214. The standard InChI is InChI=1S/C14H16BrN3S/c1-9-5-11(3-4-12(9)14(16)17)18(2)7-10-6-13(15)19-8-10/h3-6,8H,7H2,1-2H3,(H3,16,17). The van der Waals surface area contributed by atoms with Gasteiger partial charge in [0, 0.05) is 24.8 Å². The molecule has 0 atom stereocenters. The predicted octanol–water partition coefficient (Wildman–Crippen LogP) is 3.74. The van der Waals surface area contributed by atoms with Crippen molar-refractivity contribution >= 4 is 38.8 Å². The van der Waals surface area contributed by atoms with E-state index in [1.54, 1.807) is 11.3 Å². The van der Waals surface area contributed by atoms with Crippen molar-refractivity contribution in [1.82, 2.24) is 0 Å². The Morgan fingerprint density at radius 2 is 2.16 bits per heavy atom. The van der Waals surface area contributed by atoms with Gasteiger partial charge in [0.15, 0.2) is 0 Å². The van der Waals surface area contributed by atoms with E-state index in [9.17, 15) is 0 Å². The highest BCUT2D eigenvalue weighted by atomic mass is 79.9. The monoisotopic (exact) mass is 337 g/mol. The molecule has 100 valence electrons. The van der Waals surface area contributed by atoms with E-state index < -0.39 is 0 Å². The molecule has 5 heteroatoms. The molecule has 0 spiro atoms. The van der Waals surface area contributed by atoms with E-state index in [2.05, 4.69) is 45.4 Å². The number of hydrogen-bond acceptors (Lipinski definition) is 3. The molecule has 3 N–H and O–H groups in total. The smallest absolute Gasteiger partial charge is 0.123 e. The van der Waals surface area contributed by atoms with Crippen LogP contribution in [0.3, 0.4) is 0 Å². The van der Waals surface area contributed by atoms with E-state index in [0.29, 0.717) is 0 Å². The summed E-state index contributed by atoms with van der Waals surface area (Å²) in [6, 6.07) is 8.12. The number of aryl methyl sites for hydroxylation is 1. The Morgan fingerprint density at radius 1 is 1.42 bits per heavy atom. The van der Waals surface area contributed by atoms with Gasteiger partial charge in [0.2, 0.25) is 0 Å². The molecule has 19 heavy (non-hydrogen) atoms. The number of anilines is 1. The molecular weight excluding hydrogens is 322 g/mol. The van der Waals surface area contributed by atoms with Crippen LogP contribution >= 0.6 is 27.3 Å². The number of halogens is 1. The molecule has 0 aliphatic carbocycles. The summed E-state index contributed by atoms with van der Waals surface area (Å²) in [5.41, 5.74) is 9.78. The molecule has 0 amide bonds. The summed E-state index contributed by atoms with van der Waals surface area (Å²) in [6.07, 6.45) is 0. The molecule has 2 aromatic rings. The molecule has 0 radical (unpaired) electrons. The quantitative estimate of drug-likeness (QED) is 0.659. The summed E-state index contributed by atoms with van der Waals surface area (Å²) < 4.78 is 1.15. The van der Waals surface area contributed by atoms with Gasteiger partial charge in [-0.1, -0.05) is 0 Å². The summed E-state index contributed by atoms with van der Waals surface area (Å²) in [6.45, 7) is 2.84. The highest BCUT2D eigenvalue weighted by molar-refractivity contribution is 9.11. The van der Waals surface area contributed by atoms with Crippen LogP contribution in [0.4, 0.5) is 5.69 Å². The Hall–Kier alpha value is -1.33. The van der Waals surface area contributed by atoms with Gasteiger partial charge in [-0.15, -0.1) is 11.3 Å². The molecular formula is C14H16BrN3S. The third-order valence-electron chi connectivity index (χ3n) is 2.98. The van der Waals surface area contributed by atoms with E-state index in [0.717, 1.165) is 27.1 Å². The van der Waals surface area contributed by atoms with E-state index in [4.69, 9.17) is 11.1 Å². The molecule has 0 bridgehead atoms. The zero-order chi connectivity index (χ0) is 14.0. The van der Waals surface area contributed by atoms with Gasteiger partial charge in [0.25, 0.3) is 0 Å². The van der Waals surface area contributed by atoms with Gasteiger partial charge in [0.05, 0.1) is 3.79 Å². The van der Waals surface area contributed by atoms with Crippen LogP contribution in [0.5, 0.6) is 0 Å². The number of nitrogens with two attached hydrogens (primary N) is 1. The van der Waals surface area contributed by atoms with Gasteiger partial charge < -0.3 is 10.6 Å². The Kier molecular flexibility index (Phi) is 4.27. The van der Waals surface area contributed by atoms with Gasteiger partial charge >= 0.3 is 0 Å². The number of nitrogen functional groups attached to an aromatic ring is 1. The topological polar surface area (TPSA) is 53.1 Å². The average molecular weight is 338 g/mol. The summed E-state index contributed by atoms with van der Waals surface area (Å²) in [5.74, 6) is 0.119. The van der Waals surface area contributed by atoms with Crippen LogP contribution in [0.15, 0.2) is 33.4 Å². The van der Waals surface area contributed by atoms with Gasteiger partial charge in [-0.2, -0.15) is 0 Å². The first-order valence-corrected chi connectivity index (χ1v) is 7.53. The maximum atomic E-state index is 7.50. The molecule has 0 unspecified atom stereocenters. The second kappa shape index (κ2) is 5.75. The minimum Gasteiger partial charge on any atom is -0.384 e. The molecule has 0 fully saturated rings. The molecule has 3 nitrogen and oxygen atoms in total. The van der Waals surface area contributed by atoms with Crippen molar-refractivity contribution in [2.75, 3.05) is 11.9 Å². The normalized spacial score (nSPS) is 10.5. The van der Waals surface area contributed by atoms with Crippen LogP contribution in [0.1, 0.15) is 16.7 Å². The lowest BCUT2D eigenvalue weighted by molar-refractivity contribution is 0.926. The van der Waals surface area contributed by atoms with Gasteiger partial charge in [-0.25, -0.2) is 0 Å². The second-order valence-electron chi connectivity index (χ2n) is 4.53. The van der Waals surface area contributed by atoms with E-state index in [1.807, 2.05) is 19.1 Å². The minimum atomic E-state index is 0.119. The summed E-state index contributed by atoms with van der Waals surface area (Å²) in [4.78, 5) is 2.19. The number of nitrogens with zero attached hydrogens (tertiary/aromatic N) is 1. The van der Waals surface area contributed by atoms with Crippen LogP contribution in [-0.4, -0.2) is 12.9 Å². The number of rotatable bonds is 4.